The standard InChI is InChI=1S/C16H20ClFN2S/c1-4-20(11(2)3)9-13-7-12(5-6-15(13)18)16-19-14(8-17)10-21-16/h5-7,10-11H,4,8-9H2,1-3H3. The molecule has 0 radical (unpaired) electrons. The van der Waals surface area contributed by atoms with Gasteiger partial charge in [-0.2, -0.15) is 0 Å². The topological polar surface area (TPSA) is 16.1 Å². The number of halogens is 2. The van der Waals surface area contributed by atoms with Crippen molar-refractivity contribution in [2.75, 3.05) is 6.54 Å². The quantitative estimate of drug-likeness (QED) is 0.700. The summed E-state index contributed by atoms with van der Waals surface area (Å²) in [5.41, 5.74) is 2.53. The lowest BCUT2D eigenvalue weighted by molar-refractivity contribution is 0.222. The third-order valence-electron chi connectivity index (χ3n) is 3.49. The van der Waals surface area contributed by atoms with Gasteiger partial charge in [0.25, 0.3) is 0 Å². The Morgan fingerprint density at radius 3 is 2.71 bits per heavy atom. The molecule has 0 aliphatic heterocycles. The number of benzene rings is 1. The van der Waals surface area contributed by atoms with Gasteiger partial charge in [-0.1, -0.05) is 6.92 Å². The number of alkyl halides is 1. The van der Waals surface area contributed by atoms with Crippen molar-refractivity contribution >= 4 is 22.9 Å². The highest BCUT2D eigenvalue weighted by Gasteiger charge is 2.13. The number of nitrogens with zero attached hydrogens (tertiary/aromatic N) is 2. The number of hydrogen-bond acceptors (Lipinski definition) is 3. The van der Waals surface area contributed by atoms with E-state index in [1.54, 1.807) is 17.4 Å². The molecule has 0 N–H and O–H groups in total. The van der Waals surface area contributed by atoms with Gasteiger partial charge in [0, 0.05) is 29.1 Å². The van der Waals surface area contributed by atoms with Crippen LogP contribution in [0, 0.1) is 5.82 Å². The monoisotopic (exact) mass is 326 g/mol. The van der Waals surface area contributed by atoms with Gasteiger partial charge in [0.15, 0.2) is 0 Å². The Morgan fingerprint density at radius 1 is 1.38 bits per heavy atom. The van der Waals surface area contributed by atoms with Crippen LogP contribution in [-0.4, -0.2) is 22.5 Å². The summed E-state index contributed by atoms with van der Waals surface area (Å²) in [6, 6.07) is 5.60. The summed E-state index contributed by atoms with van der Waals surface area (Å²) in [5, 5.41) is 2.83. The SMILES string of the molecule is CCN(Cc1cc(-c2nc(CCl)cs2)ccc1F)C(C)C. The van der Waals surface area contributed by atoms with Gasteiger partial charge in [-0.3, -0.25) is 4.90 Å². The first kappa shape index (κ1) is 16.4. The van der Waals surface area contributed by atoms with E-state index in [1.165, 1.54) is 6.07 Å². The molecule has 0 bridgehead atoms. The zero-order chi connectivity index (χ0) is 15.4. The van der Waals surface area contributed by atoms with Crippen LogP contribution in [-0.2, 0) is 12.4 Å². The molecule has 2 aromatic rings. The predicted molar refractivity (Wildman–Crippen MR) is 88.3 cm³/mol. The van der Waals surface area contributed by atoms with Gasteiger partial charge < -0.3 is 0 Å². The number of aromatic nitrogens is 1. The van der Waals surface area contributed by atoms with E-state index in [2.05, 4.69) is 30.7 Å². The molecule has 0 unspecified atom stereocenters. The molecular weight excluding hydrogens is 307 g/mol. The molecule has 1 aromatic carbocycles. The van der Waals surface area contributed by atoms with E-state index in [-0.39, 0.29) is 5.82 Å². The van der Waals surface area contributed by atoms with Crippen LogP contribution < -0.4 is 0 Å². The highest BCUT2D eigenvalue weighted by Crippen LogP contribution is 2.27. The van der Waals surface area contributed by atoms with E-state index in [4.69, 9.17) is 11.6 Å². The average Bonchev–Trinajstić information content (AvgIpc) is 2.95. The Bertz CT molecular complexity index is 598. The molecule has 1 aromatic heterocycles. The van der Waals surface area contributed by atoms with Crippen molar-refractivity contribution in [3.8, 4) is 10.6 Å². The van der Waals surface area contributed by atoms with Crippen molar-refractivity contribution in [1.82, 2.24) is 9.88 Å². The lowest BCUT2D eigenvalue weighted by Crippen LogP contribution is -2.30. The van der Waals surface area contributed by atoms with Crippen LogP contribution in [0.25, 0.3) is 10.6 Å². The highest BCUT2D eigenvalue weighted by molar-refractivity contribution is 7.13. The zero-order valence-electron chi connectivity index (χ0n) is 12.6. The molecular formula is C16H20ClFN2S. The summed E-state index contributed by atoms with van der Waals surface area (Å²) >= 11 is 7.33. The Kier molecular flexibility index (Phi) is 5.73. The molecule has 0 saturated carbocycles. The average molecular weight is 327 g/mol. The third kappa shape index (κ3) is 4.02. The molecule has 114 valence electrons. The minimum Gasteiger partial charge on any atom is -0.297 e. The normalized spacial score (nSPS) is 11.6. The fourth-order valence-corrected chi connectivity index (χ4v) is 3.25. The number of rotatable bonds is 6. The molecule has 0 aliphatic rings. The molecule has 0 amide bonds. The van der Waals surface area contributed by atoms with Crippen LogP contribution in [0.5, 0.6) is 0 Å². The van der Waals surface area contributed by atoms with Crippen LogP contribution >= 0.6 is 22.9 Å². The smallest absolute Gasteiger partial charge is 0.127 e. The van der Waals surface area contributed by atoms with Crippen molar-refractivity contribution in [2.45, 2.75) is 39.2 Å². The Labute approximate surface area is 134 Å². The maximum Gasteiger partial charge on any atom is 0.127 e. The first-order chi connectivity index (χ1) is 10.0. The second-order valence-electron chi connectivity index (χ2n) is 5.24. The first-order valence-corrected chi connectivity index (χ1v) is 8.49. The van der Waals surface area contributed by atoms with Crippen molar-refractivity contribution in [2.24, 2.45) is 0 Å². The molecule has 21 heavy (non-hydrogen) atoms. The second kappa shape index (κ2) is 7.34. The summed E-state index contributed by atoms with van der Waals surface area (Å²) in [7, 11) is 0. The van der Waals surface area contributed by atoms with E-state index in [0.29, 0.717) is 24.0 Å². The third-order valence-corrected chi connectivity index (χ3v) is 4.71. The fraction of sp³-hybridized carbons (Fsp3) is 0.438. The summed E-state index contributed by atoms with van der Waals surface area (Å²) in [5.74, 6) is 0.244. The molecule has 0 fully saturated rings. The lowest BCUT2D eigenvalue weighted by Gasteiger charge is -2.25. The van der Waals surface area contributed by atoms with Crippen LogP contribution in [0.2, 0.25) is 0 Å². The molecule has 2 rings (SSSR count). The molecule has 0 saturated heterocycles. The summed E-state index contributed by atoms with van der Waals surface area (Å²) in [4.78, 5) is 6.69. The van der Waals surface area contributed by atoms with E-state index < -0.39 is 0 Å². The van der Waals surface area contributed by atoms with Crippen molar-refractivity contribution < 1.29 is 4.39 Å². The van der Waals surface area contributed by atoms with Gasteiger partial charge in [-0.05, 0) is 38.6 Å². The van der Waals surface area contributed by atoms with Crippen LogP contribution in [0.1, 0.15) is 32.0 Å². The number of hydrogen-bond donors (Lipinski definition) is 0. The summed E-state index contributed by atoms with van der Waals surface area (Å²) < 4.78 is 14.1. The predicted octanol–water partition coefficient (Wildman–Crippen LogP) is 4.92. The number of thiazole rings is 1. The Morgan fingerprint density at radius 2 is 2.14 bits per heavy atom. The minimum absolute atomic E-state index is 0.160. The maximum absolute atomic E-state index is 14.1. The van der Waals surface area contributed by atoms with E-state index in [9.17, 15) is 4.39 Å². The van der Waals surface area contributed by atoms with E-state index in [0.717, 1.165) is 22.8 Å². The van der Waals surface area contributed by atoms with Gasteiger partial charge in [-0.25, -0.2) is 9.37 Å². The van der Waals surface area contributed by atoms with E-state index in [1.807, 2.05) is 11.4 Å². The molecule has 0 spiro atoms. The Balaban J connectivity index is 2.28. The van der Waals surface area contributed by atoms with Gasteiger partial charge in [0.1, 0.15) is 10.8 Å². The van der Waals surface area contributed by atoms with Crippen molar-refractivity contribution in [1.29, 1.82) is 0 Å². The van der Waals surface area contributed by atoms with Crippen molar-refractivity contribution in [3.63, 3.8) is 0 Å². The fourth-order valence-electron chi connectivity index (χ4n) is 2.21. The largest absolute Gasteiger partial charge is 0.297 e. The first-order valence-electron chi connectivity index (χ1n) is 7.08. The van der Waals surface area contributed by atoms with Crippen LogP contribution in [0.3, 0.4) is 0 Å². The highest BCUT2D eigenvalue weighted by atomic mass is 35.5. The van der Waals surface area contributed by atoms with Gasteiger partial charge in [0.05, 0.1) is 11.6 Å². The van der Waals surface area contributed by atoms with Gasteiger partial charge in [0.2, 0.25) is 0 Å². The van der Waals surface area contributed by atoms with Crippen LogP contribution in [0.4, 0.5) is 4.39 Å². The molecule has 2 nitrogen and oxygen atoms in total. The van der Waals surface area contributed by atoms with E-state index >= 15 is 0 Å². The Hall–Kier alpha value is -0.970. The molecule has 5 heteroatoms. The maximum atomic E-state index is 14.1. The van der Waals surface area contributed by atoms with Crippen molar-refractivity contribution in [3.05, 3.63) is 40.7 Å². The van der Waals surface area contributed by atoms with Crippen LogP contribution in [0.15, 0.2) is 23.6 Å². The zero-order valence-corrected chi connectivity index (χ0v) is 14.1. The lowest BCUT2D eigenvalue weighted by atomic mass is 10.1. The van der Waals surface area contributed by atoms with Gasteiger partial charge in [-0.15, -0.1) is 22.9 Å². The summed E-state index contributed by atoms with van der Waals surface area (Å²) in [6.45, 7) is 7.85. The van der Waals surface area contributed by atoms with Gasteiger partial charge >= 0.3 is 0 Å². The molecule has 0 atom stereocenters. The summed E-state index contributed by atoms with van der Waals surface area (Å²) in [6.07, 6.45) is 0. The molecule has 0 aliphatic carbocycles. The molecule has 1 heterocycles. The second-order valence-corrected chi connectivity index (χ2v) is 6.37. The minimum atomic E-state index is -0.160.